The van der Waals surface area contributed by atoms with Crippen LogP contribution in [-0.4, -0.2) is 17.8 Å². The van der Waals surface area contributed by atoms with Crippen molar-refractivity contribution >= 4 is 17.8 Å². The van der Waals surface area contributed by atoms with E-state index in [1.54, 1.807) is 36.4 Å². The molecule has 0 saturated heterocycles. The first kappa shape index (κ1) is 15.4. The summed E-state index contributed by atoms with van der Waals surface area (Å²) >= 11 is 0. The van der Waals surface area contributed by atoms with E-state index in [1.165, 1.54) is 0 Å². The highest BCUT2D eigenvalue weighted by Gasteiger charge is 2.14. The minimum atomic E-state index is -0.849. The molecule has 0 aliphatic rings. The van der Waals surface area contributed by atoms with E-state index in [1.807, 2.05) is 26.0 Å². The first-order valence-corrected chi connectivity index (χ1v) is 6.76. The lowest BCUT2D eigenvalue weighted by Crippen LogP contribution is -2.42. The van der Waals surface area contributed by atoms with Crippen LogP contribution >= 0.6 is 0 Å². The topological polar surface area (TPSA) is 75.3 Å². The Labute approximate surface area is 128 Å². The molecule has 2 aromatic rings. The maximum atomic E-state index is 11.9. The summed E-state index contributed by atoms with van der Waals surface area (Å²) in [7, 11) is 0. The van der Waals surface area contributed by atoms with Gasteiger partial charge in [-0.3, -0.25) is 20.2 Å². The molecule has 0 aromatic heterocycles. The first-order chi connectivity index (χ1) is 10.5. The van der Waals surface area contributed by atoms with Crippen molar-refractivity contribution < 1.29 is 14.4 Å². The van der Waals surface area contributed by atoms with Crippen molar-refractivity contribution in [2.45, 2.75) is 13.8 Å². The minimum absolute atomic E-state index is 0.359. The number of hydrogen-bond acceptors (Lipinski definition) is 3. The quantitative estimate of drug-likeness (QED) is 0.894. The fourth-order valence-electron chi connectivity index (χ4n) is 1.95. The van der Waals surface area contributed by atoms with Gasteiger partial charge in [-0.25, -0.2) is 4.79 Å². The molecular formula is C17H16N2O3. The molecule has 0 fully saturated rings. The van der Waals surface area contributed by atoms with Gasteiger partial charge in [0.05, 0.1) is 0 Å². The van der Waals surface area contributed by atoms with Gasteiger partial charge in [0, 0.05) is 11.1 Å². The summed E-state index contributed by atoms with van der Waals surface area (Å²) in [5.41, 5.74) is 2.53. The number of urea groups is 1. The molecule has 2 rings (SSSR count). The van der Waals surface area contributed by atoms with Crippen LogP contribution in [0.2, 0.25) is 0 Å². The number of amides is 4. The molecule has 0 bridgehead atoms. The van der Waals surface area contributed by atoms with Crippen molar-refractivity contribution in [3.63, 3.8) is 0 Å². The molecule has 0 spiro atoms. The van der Waals surface area contributed by atoms with Crippen LogP contribution in [0.3, 0.4) is 0 Å². The van der Waals surface area contributed by atoms with E-state index in [9.17, 15) is 14.4 Å². The van der Waals surface area contributed by atoms with Crippen molar-refractivity contribution in [2.24, 2.45) is 0 Å². The maximum absolute atomic E-state index is 11.9. The lowest BCUT2D eigenvalue weighted by atomic mass is 10.1. The normalized spacial score (nSPS) is 9.91. The van der Waals surface area contributed by atoms with E-state index in [4.69, 9.17) is 0 Å². The molecule has 5 nitrogen and oxygen atoms in total. The van der Waals surface area contributed by atoms with Gasteiger partial charge >= 0.3 is 6.03 Å². The standard InChI is InChI=1S/C17H16N2O3/c1-11-5-3-7-13(9-11)15(20)18-17(22)19-16(21)14-8-4-6-12(2)10-14/h3-10H,1-2H3,(H2,18,19,20,21,22). The lowest BCUT2D eigenvalue weighted by Gasteiger charge is -2.07. The van der Waals surface area contributed by atoms with Crippen molar-refractivity contribution in [1.29, 1.82) is 0 Å². The first-order valence-electron chi connectivity index (χ1n) is 6.76. The summed E-state index contributed by atoms with van der Waals surface area (Å²) in [6, 6.07) is 12.8. The Hall–Kier alpha value is -2.95. The molecule has 4 amide bonds. The van der Waals surface area contributed by atoms with Crippen LogP contribution in [0.5, 0.6) is 0 Å². The molecule has 112 valence electrons. The predicted molar refractivity (Wildman–Crippen MR) is 82.7 cm³/mol. The summed E-state index contributed by atoms with van der Waals surface area (Å²) in [6.07, 6.45) is 0. The monoisotopic (exact) mass is 296 g/mol. The van der Waals surface area contributed by atoms with Crippen molar-refractivity contribution in [3.8, 4) is 0 Å². The number of aryl methyl sites for hydroxylation is 2. The summed E-state index contributed by atoms with van der Waals surface area (Å²) in [6.45, 7) is 3.69. The fourth-order valence-corrected chi connectivity index (χ4v) is 1.95. The second-order valence-electron chi connectivity index (χ2n) is 4.98. The molecule has 0 aliphatic carbocycles. The third-order valence-electron chi connectivity index (χ3n) is 3.01. The van der Waals surface area contributed by atoms with Gasteiger partial charge in [-0.2, -0.15) is 0 Å². The lowest BCUT2D eigenvalue weighted by molar-refractivity contribution is 0.0944. The van der Waals surface area contributed by atoms with E-state index in [-0.39, 0.29) is 0 Å². The number of carbonyl (C=O) groups is 3. The zero-order chi connectivity index (χ0) is 16.1. The van der Waals surface area contributed by atoms with Gasteiger partial charge < -0.3 is 0 Å². The Morgan fingerprint density at radius 2 is 1.14 bits per heavy atom. The fraction of sp³-hybridized carbons (Fsp3) is 0.118. The van der Waals surface area contributed by atoms with Crippen LogP contribution in [0.4, 0.5) is 4.79 Å². The largest absolute Gasteiger partial charge is 0.328 e. The average Bonchev–Trinajstić information content (AvgIpc) is 2.47. The van der Waals surface area contributed by atoms with Gasteiger partial charge in [0.2, 0.25) is 0 Å². The van der Waals surface area contributed by atoms with Gasteiger partial charge in [-0.1, -0.05) is 35.4 Å². The van der Waals surface area contributed by atoms with E-state index >= 15 is 0 Å². The number of nitrogens with one attached hydrogen (secondary N) is 2. The van der Waals surface area contributed by atoms with Crippen LogP contribution < -0.4 is 10.6 Å². The van der Waals surface area contributed by atoms with Crippen molar-refractivity contribution in [3.05, 3.63) is 70.8 Å². The zero-order valence-electron chi connectivity index (χ0n) is 12.3. The Bertz CT molecular complexity index is 677. The molecule has 0 saturated carbocycles. The van der Waals surface area contributed by atoms with Gasteiger partial charge in [-0.05, 0) is 38.1 Å². The second kappa shape index (κ2) is 6.67. The van der Waals surface area contributed by atoms with Crippen LogP contribution in [0.1, 0.15) is 31.8 Å². The summed E-state index contributed by atoms with van der Waals surface area (Å²) < 4.78 is 0. The Kier molecular flexibility index (Phi) is 4.68. The van der Waals surface area contributed by atoms with E-state index in [0.717, 1.165) is 11.1 Å². The van der Waals surface area contributed by atoms with Crippen LogP contribution in [-0.2, 0) is 0 Å². The molecule has 0 aliphatic heterocycles. The average molecular weight is 296 g/mol. The van der Waals surface area contributed by atoms with Crippen LogP contribution in [0.25, 0.3) is 0 Å². The number of carbonyl (C=O) groups excluding carboxylic acids is 3. The number of benzene rings is 2. The van der Waals surface area contributed by atoms with E-state index in [0.29, 0.717) is 11.1 Å². The highest BCUT2D eigenvalue weighted by molar-refractivity contribution is 6.11. The molecule has 0 unspecified atom stereocenters. The molecule has 0 heterocycles. The molecule has 5 heteroatoms. The van der Waals surface area contributed by atoms with Gasteiger partial charge in [0.25, 0.3) is 11.8 Å². The molecule has 0 radical (unpaired) electrons. The smallest absolute Gasteiger partial charge is 0.274 e. The highest BCUT2D eigenvalue weighted by Crippen LogP contribution is 2.05. The van der Waals surface area contributed by atoms with Gasteiger partial charge in [-0.15, -0.1) is 0 Å². The van der Waals surface area contributed by atoms with Gasteiger partial charge in [0.15, 0.2) is 0 Å². The molecular weight excluding hydrogens is 280 g/mol. The Morgan fingerprint density at radius 3 is 1.50 bits per heavy atom. The summed E-state index contributed by atoms with van der Waals surface area (Å²) in [5.74, 6) is -1.11. The summed E-state index contributed by atoms with van der Waals surface area (Å²) in [5, 5.41) is 4.26. The predicted octanol–water partition coefficient (Wildman–Crippen LogP) is 2.58. The molecule has 0 atom stereocenters. The third-order valence-corrected chi connectivity index (χ3v) is 3.01. The zero-order valence-corrected chi connectivity index (χ0v) is 12.3. The third kappa shape index (κ3) is 4.02. The molecule has 2 aromatic carbocycles. The SMILES string of the molecule is Cc1cccc(C(=O)NC(=O)NC(=O)c2cccc(C)c2)c1. The van der Waals surface area contributed by atoms with Crippen LogP contribution in [0.15, 0.2) is 48.5 Å². The van der Waals surface area contributed by atoms with E-state index < -0.39 is 17.8 Å². The number of rotatable bonds is 2. The number of hydrogen-bond donors (Lipinski definition) is 2. The Morgan fingerprint density at radius 1 is 0.727 bits per heavy atom. The van der Waals surface area contributed by atoms with Gasteiger partial charge in [0.1, 0.15) is 0 Å². The highest BCUT2D eigenvalue weighted by atomic mass is 16.2. The van der Waals surface area contributed by atoms with E-state index in [2.05, 4.69) is 10.6 Å². The number of imide groups is 2. The van der Waals surface area contributed by atoms with Crippen LogP contribution in [0, 0.1) is 13.8 Å². The van der Waals surface area contributed by atoms with Crippen molar-refractivity contribution in [2.75, 3.05) is 0 Å². The molecule has 2 N–H and O–H groups in total. The Balaban J connectivity index is 1.98. The minimum Gasteiger partial charge on any atom is -0.274 e. The maximum Gasteiger partial charge on any atom is 0.328 e. The van der Waals surface area contributed by atoms with Crippen molar-refractivity contribution in [1.82, 2.24) is 10.6 Å². The summed E-state index contributed by atoms with van der Waals surface area (Å²) in [4.78, 5) is 35.5. The molecule has 22 heavy (non-hydrogen) atoms. The second-order valence-corrected chi connectivity index (χ2v) is 4.98.